The van der Waals surface area contributed by atoms with E-state index in [1.165, 1.54) is 22.6 Å². The molecule has 0 saturated carbocycles. The fourth-order valence-corrected chi connectivity index (χ4v) is 3.89. The number of aromatic nitrogens is 2. The van der Waals surface area contributed by atoms with Gasteiger partial charge in [-0.1, -0.05) is 11.6 Å². The molecule has 0 aliphatic carbocycles. The summed E-state index contributed by atoms with van der Waals surface area (Å²) in [6.45, 7) is 2.16. The first kappa shape index (κ1) is 15.2. The summed E-state index contributed by atoms with van der Waals surface area (Å²) in [6.07, 6.45) is 4.77. The summed E-state index contributed by atoms with van der Waals surface area (Å²) in [4.78, 5) is 10.2. The third-order valence-electron chi connectivity index (χ3n) is 3.60. The van der Waals surface area contributed by atoms with Crippen LogP contribution in [0.4, 0.5) is 5.69 Å². The molecule has 0 aromatic carbocycles. The van der Waals surface area contributed by atoms with Crippen LogP contribution in [0.15, 0.2) is 47.8 Å². The Labute approximate surface area is 134 Å². The highest BCUT2D eigenvalue weighted by Gasteiger charge is 2.28. The fourth-order valence-electron chi connectivity index (χ4n) is 2.41. The number of nitrogens with zero attached hydrogens (tertiary/aromatic N) is 4. The Hall–Kier alpha value is -1.70. The summed E-state index contributed by atoms with van der Waals surface area (Å²) in [7, 11) is -3.51. The number of halogens is 1. The normalized spacial score (nSPS) is 16.7. The minimum absolute atomic E-state index is 0.175. The minimum Gasteiger partial charge on any atom is -0.369 e. The van der Waals surface area contributed by atoms with Crippen molar-refractivity contribution in [3.8, 4) is 0 Å². The summed E-state index contributed by atoms with van der Waals surface area (Å²) in [5.41, 5.74) is 1.06. The number of piperazine rings is 1. The van der Waals surface area contributed by atoms with Gasteiger partial charge in [0.05, 0.1) is 0 Å². The maximum Gasteiger partial charge on any atom is 0.244 e. The lowest BCUT2D eigenvalue weighted by Gasteiger charge is -2.35. The number of hydrogen-bond acceptors (Lipinski definition) is 5. The van der Waals surface area contributed by atoms with E-state index in [1.807, 2.05) is 12.1 Å². The first-order valence-corrected chi connectivity index (χ1v) is 8.66. The molecule has 0 unspecified atom stereocenters. The molecule has 116 valence electrons. The summed E-state index contributed by atoms with van der Waals surface area (Å²) in [5.74, 6) is 0. The third-order valence-corrected chi connectivity index (χ3v) is 5.71. The molecule has 0 spiro atoms. The Bertz CT molecular complexity index is 729. The fraction of sp³-hybridized carbons (Fsp3) is 0.286. The van der Waals surface area contributed by atoms with E-state index in [2.05, 4.69) is 14.9 Å². The van der Waals surface area contributed by atoms with Gasteiger partial charge in [0, 0.05) is 50.5 Å². The number of sulfonamides is 1. The van der Waals surface area contributed by atoms with Gasteiger partial charge >= 0.3 is 0 Å². The highest BCUT2D eigenvalue weighted by Crippen LogP contribution is 2.20. The van der Waals surface area contributed by atoms with E-state index in [9.17, 15) is 8.42 Å². The highest BCUT2D eigenvalue weighted by molar-refractivity contribution is 7.89. The highest BCUT2D eigenvalue weighted by atomic mass is 35.5. The second-order valence-electron chi connectivity index (χ2n) is 4.91. The molecule has 1 fully saturated rings. The molecular formula is C14H15ClN4O2S. The topological polar surface area (TPSA) is 66.4 Å². The molecule has 3 rings (SSSR count). The smallest absolute Gasteiger partial charge is 0.244 e. The first-order chi connectivity index (χ1) is 10.6. The van der Waals surface area contributed by atoms with Crippen LogP contribution in [0.25, 0.3) is 0 Å². The van der Waals surface area contributed by atoms with Crippen molar-refractivity contribution in [3.63, 3.8) is 0 Å². The lowest BCUT2D eigenvalue weighted by molar-refractivity contribution is 0.385. The average molecular weight is 339 g/mol. The van der Waals surface area contributed by atoms with Gasteiger partial charge in [0.1, 0.15) is 10.0 Å². The zero-order chi connectivity index (χ0) is 15.6. The maximum absolute atomic E-state index is 12.6. The lowest BCUT2D eigenvalue weighted by atomic mass is 10.3. The summed E-state index contributed by atoms with van der Waals surface area (Å²) < 4.78 is 26.6. The molecule has 2 aromatic rings. The van der Waals surface area contributed by atoms with Gasteiger partial charge in [-0.25, -0.2) is 13.4 Å². The Kier molecular flexibility index (Phi) is 4.28. The largest absolute Gasteiger partial charge is 0.369 e. The number of hydrogen-bond donors (Lipinski definition) is 0. The average Bonchev–Trinajstić information content (AvgIpc) is 2.56. The first-order valence-electron chi connectivity index (χ1n) is 6.84. The Morgan fingerprint density at radius 2 is 1.68 bits per heavy atom. The van der Waals surface area contributed by atoms with Crippen LogP contribution in [0.5, 0.6) is 0 Å². The second kappa shape index (κ2) is 6.20. The third kappa shape index (κ3) is 3.06. The van der Waals surface area contributed by atoms with E-state index in [-0.39, 0.29) is 10.0 Å². The van der Waals surface area contributed by atoms with Crippen LogP contribution in [0.3, 0.4) is 0 Å². The minimum atomic E-state index is -3.51. The van der Waals surface area contributed by atoms with Gasteiger partial charge < -0.3 is 4.90 Å². The van der Waals surface area contributed by atoms with E-state index in [4.69, 9.17) is 11.6 Å². The predicted octanol–water partition coefficient (Wildman–Crippen LogP) is 1.64. The molecule has 22 heavy (non-hydrogen) atoms. The molecule has 0 N–H and O–H groups in total. The van der Waals surface area contributed by atoms with Crippen LogP contribution in [0.2, 0.25) is 5.15 Å². The molecule has 1 saturated heterocycles. The van der Waals surface area contributed by atoms with Gasteiger partial charge in [0.2, 0.25) is 10.0 Å². The number of rotatable bonds is 3. The Morgan fingerprint density at radius 1 is 1.00 bits per heavy atom. The van der Waals surface area contributed by atoms with Crippen LogP contribution < -0.4 is 4.90 Å². The zero-order valence-corrected chi connectivity index (χ0v) is 13.3. The maximum atomic E-state index is 12.6. The molecule has 3 heterocycles. The molecule has 6 nitrogen and oxygen atoms in total. The molecule has 1 aliphatic rings. The second-order valence-corrected chi connectivity index (χ2v) is 7.24. The molecule has 0 amide bonds. The molecular weight excluding hydrogens is 324 g/mol. The molecule has 1 aliphatic heterocycles. The monoisotopic (exact) mass is 338 g/mol. The molecule has 0 atom stereocenters. The van der Waals surface area contributed by atoms with Gasteiger partial charge in [-0.05, 0) is 24.3 Å². The van der Waals surface area contributed by atoms with Crippen molar-refractivity contribution in [2.24, 2.45) is 0 Å². The summed E-state index contributed by atoms with van der Waals surface area (Å²) in [6, 6.07) is 6.82. The van der Waals surface area contributed by atoms with E-state index in [0.29, 0.717) is 26.2 Å². The quantitative estimate of drug-likeness (QED) is 0.796. The summed E-state index contributed by atoms with van der Waals surface area (Å²) >= 11 is 5.70. The van der Waals surface area contributed by atoms with Crippen LogP contribution in [0.1, 0.15) is 0 Å². The standard InChI is InChI=1S/C14H15ClN4O2S/c15-14-2-1-13(11-17-14)22(20,21)19-9-7-18(8-10-19)12-3-5-16-6-4-12/h1-6,11H,7-10H2. The molecule has 0 radical (unpaired) electrons. The van der Waals surface area contributed by atoms with Crippen molar-refractivity contribution in [3.05, 3.63) is 48.0 Å². The van der Waals surface area contributed by atoms with Crippen LogP contribution in [-0.2, 0) is 10.0 Å². The summed E-state index contributed by atoms with van der Waals surface area (Å²) in [5, 5.41) is 0.279. The Morgan fingerprint density at radius 3 is 2.27 bits per heavy atom. The Balaban J connectivity index is 1.72. The van der Waals surface area contributed by atoms with E-state index in [0.717, 1.165) is 5.69 Å². The van der Waals surface area contributed by atoms with Crippen LogP contribution in [0, 0.1) is 0 Å². The zero-order valence-electron chi connectivity index (χ0n) is 11.8. The van der Waals surface area contributed by atoms with Crippen molar-refractivity contribution < 1.29 is 8.42 Å². The van der Waals surface area contributed by atoms with Crippen molar-refractivity contribution >= 4 is 27.3 Å². The SMILES string of the molecule is O=S(=O)(c1ccc(Cl)nc1)N1CCN(c2ccncc2)CC1. The lowest BCUT2D eigenvalue weighted by Crippen LogP contribution is -2.48. The van der Waals surface area contributed by atoms with Gasteiger partial charge in [-0.15, -0.1) is 0 Å². The molecule has 8 heteroatoms. The van der Waals surface area contributed by atoms with Gasteiger partial charge in [-0.3, -0.25) is 4.98 Å². The predicted molar refractivity (Wildman–Crippen MR) is 84.5 cm³/mol. The van der Waals surface area contributed by atoms with Gasteiger partial charge in [-0.2, -0.15) is 4.31 Å². The molecule has 2 aromatic heterocycles. The van der Waals surface area contributed by atoms with Crippen molar-refractivity contribution in [1.82, 2.24) is 14.3 Å². The molecule has 0 bridgehead atoms. The van der Waals surface area contributed by atoms with Crippen molar-refractivity contribution in [2.75, 3.05) is 31.1 Å². The van der Waals surface area contributed by atoms with Crippen LogP contribution >= 0.6 is 11.6 Å². The van der Waals surface area contributed by atoms with E-state index in [1.54, 1.807) is 12.4 Å². The van der Waals surface area contributed by atoms with Crippen LogP contribution in [-0.4, -0.2) is 48.9 Å². The number of pyridine rings is 2. The van der Waals surface area contributed by atoms with Crippen molar-refractivity contribution in [1.29, 1.82) is 0 Å². The van der Waals surface area contributed by atoms with E-state index < -0.39 is 10.0 Å². The van der Waals surface area contributed by atoms with E-state index >= 15 is 0 Å². The van der Waals surface area contributed by atoms with Crippen molar-refractivity contribution in [2.45, 2.75) is 4.90 Å². The number of anilines is 1. The van der Waals surface area contributed by atoms with Gasteiger partial charge in [0.25, 0.3) is 0 Å². The van der Waals surface area contributed by atoms with Gasteiger partial charge in [0.15, 0.2) is 0 Å².